The molecule has 0 bridgehead atoms. The average Bonchev–Trinajstić information content (AvgIpc) is 3.18. The van der Waals surface area contributed by atoms with Crippen LogP contribution in [0.3, 0.4) is 0 Å². The van der Waals surface area contributed by atoms with Crippen LogP contribution in [-0.4, -0.2) is 22.0 Å². The Hall–Kier alpha value is -1.97. The lowest BCUT2D eigenvalue weighted by molar-refractivity contribution is 0.145. The lowest BCUT2D eigenvalue weighted by atomic mass is 9.97. The van der Waals surface area contributed by atoms with Crippen LogP contribution in [0.15, 0.2) is 36.7 Å². The Morgan fingerprint density at radius 1 is 0.760 bits per heavy atom. The van der Waals surface area contributed by atoms with Crippen LogP contribution in [-0.2, 0) is 0 Å². The number of hydrogen-bond donors (Lipinski definition) is 0. The van der Waals surface area contributed by atoms with Crippen molar-refractivity contribution in [2.24, 2.45) is 0 Å². The molecule has 1 aromatic heterocycles. The molecule has 4 heteroatoms. The third kappa shape index (κ3) is 4.00. The zero-order chi connectivity index (χ0) is 16.9. The van der Waals surface area contributed by atoms with Crippen molar-refractivity contribution in [3.63, 3.8) is 0 Å². The van der Waals surface area contributed by atoms with Crippen LogP contribution in [0.4, 0.5) is 0 Å². The van der Waals surface area contributed by atoms with Gasteiger partial charge in [-0.1, -0.05) is 18.9 Å². The van der Waals surface area contributed by atoms with E-state index >= 15 is 0 Å². The molecule has 1 aromatic carbocycles. The summed E-state index contributed by atoms with van der Waals surface area (Å²) < 4.78 is 14.7. The minimum atomic E-state index is 0.313. The van der Waals surface area contributed by atoms with Gasteiger partial charge >= 0.3 is 0 Å². The highest BCUT2D eigenvalue weighted by Crippen LogP contribution is 2.36. The minimum Gasteiger partial charge on any atom is -0.488 e. The summed E-state index contributed by atoms with van der Waals surface area (Å²) in [4.78, 5) is 0. The van der Waals surface area contributed by atoms with Crippen LogP contribution in [0.5, 0.6) is 11.5 Å². The number of nitrogens with zero attached hydrogens (tertiary/aromatic N) is 2. The molecule has 0 amide bonds. The Morgan fingerprint density at radius 3 is 1.80 bits per heavy atom. The first-order chi connectivity index (χ1) is 12.4. The van der Waals surface area contributed by atoms with E-state index in [9.17, 15) is 0 Å². The van der Waals surface area contributed by atoms with Gasteiger partial charge in [0.25, 0.3) is 0 Å². The summed E-state index contributed by atoms with van der Waals surface area (Å²) in [6.07, 6.45) is 16.7. The summed E-state index contributed by atoms with van der Waals surface area (Å²) in [7, 11) is 0. The van der Waals surface area contributed by atoms with Gasteiger partial charge in [0.05, 0.1) is 12.2 Å². The number of benzene rings is 1. The lowest BCUT2D eigenvalue weighted by Gasteiger charge is -2.27. The fourth-order valence-corrected chi connectivity index (χ4v) is 4.04. The van der Waals surface area contributed by atoms with Crippen molar-refractivity contribution in [1.82, 2.24) is 9.78 Å². The molecule has 25 heavy (non-hydrogen) atoms. The van der Waals surface area contributed by atoms with Gasteiger partial charge in [-0.2, -0.15) is 5.10 Å². The summed E-state index contributed by atoms with van der Waals surface area (Å²) in [6, 6.07) is 8.10. The summed E-state index contributed by atoms with van der Waals surface area (Å²) >= 11 is 0. The highest BCUT2D eigenvalue weighted by molar-refractivity contribution is 5.57. The first-order valence-electron chi connectivity index (χ1n) is 9.86. The molecule has 2 saturated carbocycles. The standard InChI is InChI=1S/C21H28N2O2/c1-3-9-17(10-4-1)24-19-13-7-14-20(21(19)23-16-8-15-22-23)25-18-11-5-2-6-12-18/h7-8,13-18H,1-6,9-12H2. The SMILES string of the molecule is c1cc(OC2CCCCC2)c(-n2cccn2)c(OC2CCCCC2)c1. The number of hydrogen-bond acceptors (Lipinski definition) is 3. The number of para-hydroxylation sites is 1. The highest BCUT2D eigenvalue weighted by Gasteiger charge is 2.22. The monoisotopic (exact) mass is 340 g/mol. The fraction of sp³-hybridized carbons (Fsp3) is 0.571. The van der Waals surface area contributed by atoms with Crippen molar-refractivity contribution in [1.29, 1.82) is 0 Å². The van der Waals surface area contributed by atoms with Gasteiger partial charge in [-0.15, -0.1) is 0 Å². The molecule has 0 N–H and O–H groups in total. The van der Waals surface area contributed by atoms with Crippen molar-refractivity contribution in [3.05, 3.63) is 36.7 Å². The third-order valence-corrected chi connectivity index (χ3v) is 5.39. The molecule has 2 aliphatic rings. The Bertz CT molecular complexity index is 618. The van der Waals surface area contributed by atoms with Crippen molar-refractivity contribution in [2.45, 2.75) is 76.4 Å². The van der Waals surface area contributed by atoms with Crippen molar-refractivity contribution in [3.8, 4) is 17.2 Å². The summed E-state index contributed by atoms with van der Waals surface area (Å²) in [5.41, 5.74) is 0.948. The van der Waals surface area contributed by atoms with Crippen LogP contribution in [0.2, 0.25) is 0 Å². The van der Waals surface area contributed by atoms with Crippen molar-refractivity contribution >= 4 is 0 Å². The Balaban J connectivity index is 1.62. The number of aromatic nitrogens is 2. The number of rotatable bonds is 5. The Morgan fingerprint density at radius 2 is 1.32 bits per heavy atom. The van der Waals surface area contributed by atoms with Gasteiger partial charge in [0.15, 0.2) is 0 Å². The maximum absolute atomic E-state index is 6.40. The third-order valence-electron chi connectivity index (χ3n) is 5.39. The molecule has 0 aliphatic heterocycles. The summed E-state index contributed by atoms with van der Waals surface area (Å²) in [5, 5.41) is 4.45. The predicted octanol–water partition coefficient (Wildman–Crippen LogP) is 5.30. The van der Waals surface area contributed by atoms with Gasteiger partial charge in [-0.25, -0.2) is 4.68 Å². The van der Waals surface area contributed by atoms with Crippen molar-refractivity contribution in [2.75, 3.05) is 0 Å². The zero-order valence-electron chi connectivity index (χ0n) is 14.9. The molecule has 0 spiro atoms. The van der Waals surface area contributed by atoms with E-state index in [1.54, 1.807) is 0 Å². The molecular formula is C21H28N2O2. The highest BCUT2D eigenvalue weighted by atomic mass is 16.5. The molecule has 0 atom stereocenters. The predicted molar refractivity (Wildman–Crippen MR) is 98.6 cm³/mol. The molecule has 0 radical (unpaired) electrons. The molecule has 2 aromatic rings. The summed E-state index contributed by atoms with van der Waals surface area (Å²) in [5.74, 6) is 1.79. The van der Waals surface area contributed by atoms with Gasteiger partial charge in [0, 0.05) is 12.4 Å². The van der Waals surface area contributed by atoms with Crippen LogP contribution in [0.25, 0.3) is 5.69 Å². The van der Waals surface area contributed by atoms with Crippen LogP contribution >= 0.6 is 0 Å². The van der Waals surface area contributed by atoms with E-state index in [0.717, 1.165) is 42.9 Å². The largest absolute Gasteiger partial charge is 0.488 e. The molecule has 4 nitrogen and oxygen atoms in total. The Labute approximate surface area is 150 Å². The van der Waals surface area contributed by atoms with E-state index in [1.807, 2.05) is 29.2 Å². The van der Waals surface area contributed by atoms with Gasteiger partial charge in [-0.3, -0.25) is 0 Å². The van der Waals surface area contributed by atoms with E-state index in [2.05, 4.69) is 17.2 Å². The second-order valence-electron chi connectivity index (χ2n) is 7.31. The van der Waals surface area contributed by atoms with Crippen molar-refractivity contribution < 1.29 is 9.47 Å². The normalized spacial score (nSPS) is 19.7. The zero-order valence-corrected chi connectivity index (χ0v) is 14.9. The van der Waals surface area contributed by atoms with Gasteiger partial charge in [0.1, 0.15) is 17.2 Å². The smallest absolute Gasteiger partial charge is 0.149 e. The topological polar surface area (TPSA) is 36.3 Å². The molecule has 2 fully saturated rings. The van der Waals surface area contributed by atoms with Crippen LogP contribution in [0.1, 0.15) is 64.2 Å². The molecule has 2 aliphatic carbocycles. The quantitative estimate of drug-likeness (QED) is 0.741. The maximum Gasteiger partial charge on any atom is 0.149 e. The van der Waals surface area contributed by atoms with Crippen LogP contribution < -0.4 is 9.47 Å². The van der Waals surface area contributed by atoms with E-state index in [0.29, 0.717) is 12.2 Å². The molecular weight excluding hydrogens is 312 g/mol. The molecule has 134 valence electrons. The Kier molecular flexibility index (Phi) is 5.24. The molecule has 4 rings (SSSR count). The average molecular weight is 340 g/mol. The molecule has 1 heterocycles. The van der Waals surface area contributed by atoms with Gasteiger partial charge in [-0.05, 0) is 69.6 Å². The summed E-state index contributed by atoms with van der Waals surface area (Å²) in [6.45, 7) is 0. The van der Waals surface area contributed by atoms with Gasteiger partial charge < -0.3 is 9.47 Å². The first kappa shape index (κ1) is 16.5. The molecule has 0 saturated heterocycles. The van der Waals surface area contributed by atoms with E-state index in [4.69, 9.17) is 9.47 Å². The van der Waals surface area contributed by atoms with E-state index in [1.165, 1.54) is 38.5 Å². The molecule has 0 unspecified atom stereocenters. The first-order valence-corrected chi connectivity index (χ1v) is 9.86. The maximum atomic E-state index is 6.40. The number of ether oxygens (including phenoxy) is 2. The van der Waals surface area contributed by atoms with E-state index in [-0.39, 0.29) is 0 Å². The van der Waals surface area contributed by atoms with Gasteiger partial charge in [0.2, 0.25) is 0 Å². The minimum absolute atomic E-state index is 0.313. The second kappa shape index (κ2) is 7.94. The second-order valence-corrected chi connectivity index (χ2v) is 7.31. The fourth-order valence-electron chi connectivity index (χ4n) is 4.04. The lowest BCUT2D eigenvalue weighted by Crippen LogP contribution is -2.22. The van der Waals surface area contributed by atoms with E-state index < -0.39 is 0 Å². The van der Waals surface area contributed by atoms with Crippen LogP contribution in [0, 0.1) is 0 Å².